The Morgan fingerprint density at radius 2 is 0.748 bits per heavy atom. The van der Waals surface area contributed by atoms with Crippen molar-refractivity contribution < 1.29 is 30.2 Å². The first kappa shape index (κ1) is 43.6. The maximum atomic E-state index is 12.0. The molecule has 496 valence electrons. The average molecular weight is 1480 g/mol. The van der Waals surface area contributed by atoms with Crippen LogP contribution in [-0.2, 0) is 10.8 Å². The van der Waals surface area contributed by atoms with Crippen LogP contribution in [0.25, 0.3) is 117 Å². The summed E-state index contributed by atoms with van der Waals surface area (Å²) < 4.78 is 225. The van der Waals surface area contributed by atoms with Gasteiger partial charge in [0.25, 0.3) is 0 Å². The Balaban J connectivity index is 1.06. The van der Waals surface area contributed by atoms with E-state index in [1.807, 2.05) is 131 Å². The Hall–Kier alpha value is -10.4. The van der Waals surface area contributed by atoms with Gasteiger partial charge in [-0.25, -0.2) is 0 Å². The van der Waals surface area contributed by atoms with E-state index in [-0.39, 0.29) is 112 Å². The summed E-state index contributed by atoms with van der Waals surface area (Å²) >= 11 is -2.40. The first-order valence-corrected chi connectivity index (χ1v) is 38.5. The second-order valence-corrected chi connectivity index (χ2v) is 33.5. The van der Waals surface area contributed by atoms with Crippen molar-refractivity contribution >= 4 is 147 Å². The van der Waals surface area contributed by atoms with Crippen LogP contribution in [0.4, 0.5) is 34.1 Å². The normalized spacial score (nSPS) is 17.0. The molecule has 6 heterocycles. The fourth-order valence-corrected chi connectivity index (χ4v) is 21.0. The van der Waals surface area contributed by atoms with Crippen LogP contribution in [-0.4, -0.2) is 44.9 Å². The van der Waals surface area contributed by atoms with E-state index in [2.05, 4.69) is 77.9 Å². The molecule has 13 aromatic carbocycles. The van der Waals surface area contributed by atoms with E-state index in [0.29, 0.717) is 50.5 Å². The van der Waals surface area contributed by atoms with Crippen molar-refractivity contribution in [1.82, 2.24) is 9.13 Å². The van der Waals surface area contributed by atoms with Crippen LogP contribution in [0.15, 0.2) is 291 Å². The molecule has 103 heavy (non-hydrogen) atoms. The van der Waals surface area contributed by atoms with E-state index in [4.69, 9.17) is 5.48 Å². The molecular weight excluding hydrogens is 1380 g/mol. The number of aromatic nitrogens is 2. The van der Waals surface area contributed by atoms with Gasteiger partial charge in [0.1, 0.15) is 0 Å². The Kier molecular flexibility index (Phi) is 10.2. The molecule has 0 radical (unpaired) electrons. The van der Waals surface area contributed by atoms with Crippen molar-refractivity contribution in [3.8, 4) is 55.9 Å². The van der Waals surface area contributed by atoms with Gasteiger partial charge in [-0.2, -0.15) is 0 Å². The molecule has 1 fully saturated rings. The van der Waals surface area contributed by atoms with Crippen molar-refractivity contribution in [1.29, 1.82) is 0 Å². The zero-order valence-corrected chi connectivity index (χ0v) is 60.7. The van der Waals surface area contributed by atoms with Gasteiger partial charge in [0.2, 0.25) is 0 Å². The van der Waals surface area contributed by atoms with Gasteiger partial charge in [-0.3, -0.25) is 0 Å². The number of para-hydroxylation sites is 2. The predicted octanol–water partition coefficient (Wildman–Crippen LogP) is 23.7. The fraction of sp³-hybridized carbons (Fsp3) is 0.146. The molecule has 7 heteroatoms. The van der Waals surface area contributed by atoms with Crippen LogP contribution in [0, 0.1) is 0 Å². The molecule has 17 aromatic rings. The standard InChI is InChI=1S/C96H77BN4Se2/c1-95(2,3)66-54-74(61-32-14-8-15-33-61)91(75(55-66)62-34-16-9-17-35-62)100-82-58-68(98-80-44-26-22-40-70(80)88-72-42-24-28-46-86(72)102-93(88)98)48-50-78(82)97-79-51-49-69(99-81-45-27-23-41-71(81)89-73-43-25-29-47-87(73)103-94(89)99)59-83(79)101(85-53-65(52-84(100)90(85)97)60-30-12-7-13-31-60)92-76(63-36-18-10-19-37-63)56-67(96(4,5)6)57-77(92)64-38-20-11-21-39-64/h8-11,14-29,32-60H,7,12-13,30-31H2,1-6H3/i22D,23D,24D,25D,26D,27D,28D,29D,40D,41D,42D,43D,44D,45D,46D,47D,48D,49D,50D,51D,58D,59D. The van der Waals surface area contributed by atoms with Crippen LogP contribution in [0.5, 0.6) is 0 Å². The molecule has 0 unspecified atom stereocenters. The Morgan fingerprint density at radius 1 is 0.388 bits per heavy atom. The third kappa shape index (κ3) is 9.98. The van der Waals surface area contributed by atoms with Gasteiger partial charge in [0.15, 0.2) is 0 Å². The third-order valence-corrected chi connectivity index (χ3v) is 25.7. The summed E-state index contributed by atoms with van der Waals surface area (Å²) in [5.74, 6) is -0.177. The topological polar surface area (TPSA) is 16.3 Å². The van der Waals surface area contributed by atoms with Crippen molar-refractivity contribution in [3.05, 3.63) is 307 Å². The average Bonchev–Trinajstić information content (AvgIpc) is 1.62. The van der Waals surface area contributed by atoms with Gasteiger partial charge in [0, 0.05) is 0 Å². The molecule has 2 aliphatic heterocycles. The summed E-state index contributed by atoms with van der Waals surface area (Å²) in [5.41, 5.74) is 8.39. The Morgan fingerprint density at radius 3 is 1.13 bits per heavy atom. The molecule has 0 spiro atoms. The Bertz CT molecular complexity index is 7080. The molecular formula is C96H77BN4Se2. The predicted molar refractivity (Wildman–Crippen MR) is 443 cm³/mol. The molecule has 4 aromatic heterocycles. The van der Waals surface area contributed by atoms with E-state index >= 15 is 0 Å². The molecule has 0 saturated heterocycles. The minimum absolute atomic E-state index is 0.0104. The van der Waals surface area contributed by atoms with Gasteiger partial charge in [-0.05, 0) is 0 Å². The van der Waals surface area contributed by atoms with Gasteiger partial charge < -0.3 is 0 Å². The van der Waals surface area contributed by atoms with E-state index < -0.39 is 167 Å². The molecule has 1 saturated carbocycles. The van der Waals surface area contributed by atoms with Crippen LogP contribution in [0.2, 0.25) is 0 Å². The number of benzene rings is 13. The summed E-state index contributed by atoms with van der Waals surface area (Å²) in [5, 5.41) is -0.0742. The van der Waals surface area contributed by atoms with Crippen molar-refractivity contribution in [3.63, 3.8) is 0 Å². The van der Waals surface area contributed by atoms with Crippen LogP contribution in [0.3, 0.4) is 0 Å². The van der Waals surface area contributed by atoms with Crippen LogP contribution < -0.4 is 26.2 Å². The number of nitrogens with zero attached hydrogens (tertiary/aromatic N) is 4. The van der Waals surface area contributed by atoms with Gasteiger partial charge in [-0.1, -0.05) is 6.42 Å². The summed E-state index contributed by atoms with van der Waals surface area (Å²) in [6.07, 6.45) is 4.10. The summed E-state index contributed by atoms with van der Waals surface area (Å²) in [7, 11) is 0. The summed E-state index contributed by atoms with van der Waals surface area (Å²) in [4.78, 5) is 4.05. The molecule has 0 amide bonds. The number of rotatable bonds is 9. The van der Waals surface area contributed by atoms with Crippen molar-refractivity contribution in [2.75, 3.05) is 9.80 Å². The number of hydrogen-bond acceptors (Lipinski definition) is 2. The molecule has 1 aliphatic carbocycles. The Labute approximate surface area is 646 Å². The van der Waals surface area contributed by atoms with E-state index in [1.165, 1.54) is 9.13 Å². The summed E-state index contributed by atoms with van der Waals surface area (Å²) in [6, 6.07) is 40.4. The molecule has 0 N–H and O–H groups in total. The minimum atomic E-state index is -1.54. The fourth-order valence-electron chi connectivity index (χ4n) is 16.2. The first-order chi connectivity index (χ1) is 59.6. The quantitative estimate of drug-likeness (QED) is 0.134. The van der Waals surface area contributed by atoms with Crippen LogP contribution >= 0.6 is 0 Å². The number of hydrogen-bond donors (Lipinski definition) is 0. The molecule has 3 aliphatic rings. The van der Waals surface area contributed by atoms with E-state index in [9.17, 15) is 24.7 Å². The zero-order chi connectivity index (χ0) is 88.1. The molecule has 0 bridgehead atoms. The van der Waals surface area contributed by atoms with E-state index in [0.717, 1.165) is 71.0 Å². The second-order valence-electron chi connectivity index (χ2n) is 29.3. The van der Waals surface area contributed by atoms with Crippen molar-refractivity contribution in [2.45, 2.75) is 90.4 Å². The van der Waals surface area contributed by atoms with Gasteiger partial charge >= 0.3 is 643 Å². The molecule has 0 atom stereocenters. The maximum absolute atomic E-state index is 12.0. The summed E-state index contributed by atoms with van der Waals surface area (Å²) in [6.45, 7) is 11.3. The number of anilines is 6. The first-order valence-electron chi connectivity index (χ1n) is 46.1. The van der Waals surface area contributed by atoms with Gasteiger partial charge in [0.05, 0.1) is 0 Å². The van der Waals surface area contributed by atoms with Crippen LogP contribution in [0.1, 0.15) is 126 Å². The SMILES string of the molecule is [2H]c1c([2H])c(-n2c3[se]c4c([2H])c([2H])c([2H])c([2H])c4c3c3c([2H])c([2H])c([2H])c([2H])c32)c([2H])c2c1B1c3c(cc(C4CCCCC4)cc3N(c3c(-c4ccccc4)cc(C(C)(C)C)cc3-c3ccccc3)c3c([2H])c(-n4c5[se]c6c([2H])c([2H])c([2H])c([2H])c6c5c5c([2H])c([2H])c([2H])c([2H])c54)c([2H])c([2H])c31)N2c1c(-c2ccccc2)cc(C(C)(C)C)cc1-c1ccccc1. The third-order valence-electron chi connectivity index (χ3n) is 21.2. The van der Waals surface area contributed by atoms with E-state index in [1.54, 1.807) is 0 Å². The number of fused-ring (bicyclic) bond motifs is 14. The van der Waals surface area contributed by atoms with Crippen molar-refractivity contribution in [2.24, 2.45) is 0 Å². The monoisotopic (exact) mass is 1480 g/mol. The molecule has 20 rings (SSSR count). The zero-order valence-electron chi connectivity index (χ0n) is 79.3. The molecule has 4 nitrogen and oxygen atoms in total. The second kappa shape index (κ2) is 24.1. The van der Waals surface area contributed by atoms with Gasteiger partial charge in [-0.15, -0.1) is 0 Å².